The summed E-state index contributed by atoms with van der Waals surface area (Å²) in [6, 6.07) is 4.01. The van der Waals surface area contributed by atoms with Gasteiger partial charge in [-0.15, -0.1) is 20.3 Å². The van der Waals surface area contributed by atoms with E-state index < -0.39 is 70.3 Å². The second-order valence-corrected chi connectivity index (χ2v) is 13.6. The number of nitrogens with zero attached hydrogens (tertiary/aromatic N) is 5. The summed E-state index contributed by atoms with van der Waals surface area (Å²) in [5, 5.41) is 30.6. The van der Waals surface area contributed by atoms with Crippen molar-refractivity contribution in [2.45, 2.75) is 44.3 Å². The molecule has 0 saturated carbocycles. The number of hydrogen-bond acceptors (Lipinski definition) is 15. The number of carboxylic acid groups (broad SMARTS) is 2. The Balaban J connectivity index is 0.000000785. The number of β-lactam (4-membered cyclic amide) rings is 1. The molecule has 2 amide bonds. The lowest BCUT2D eigenvalue weighted by Crippen LogP contribution is -2.76. The first kappa shape index (κ1) is 39.7. The number of hydrogen-bond donors (Lipinski definition) is 5. The molecule has 2 unspecified atom stereocenters. The number of halogens is 3. The zero-order valence-electron chi connectivity index (χ0n) is 27.2. The molecule has 2 aliphatic rings. The Morgan fingerprint density at radius 3 is 2.46 bits per heavy atom. The van der Waals surface area contributed by atoms with Gasteiger partial charge >= 0.3 is 22.5 Å². The van der Waals surface area contributed by atoms with E-state index in [-0.39, 0.29) is 10.8 Å². The second kappa shape index (κ2) is 15.2. The van der Waals surface area contributed by atoms with Gasteiger partial charge in [0.1, 0.15) is 30.1 Å². The fourth-order valence-corrected chi connectivity index (χ4v) is 5.78. The molecule has 0 aliphatic carbocycles. The van der Waals surface area contributed by atoms with Gasteiger partial charge in [-0.05, 0) is 26.0 Å². The van der Waals surface area contributed by atoms with Gasteiger partial charge in [0.25, 0.3) is 17.9 Å². The van der Waals surface area contributed by atoms with Crippen molar-refractivity contribution in [1.29, 1.82) is 0 Å². The number of carboxylic acids is 2. The molecular weight excluding hydrogens is 749 g/mol. The van der Waals surface area contributed by atoms with Crippen molar-refractivity contribution in [3.8, 4) is 5.75 Å². The summed E-state index contributed by atoms with van der Waals surface area (Å²) >= 11 is 0.968. The Kier molecular flexibility index (Phi) is 11.6. The third kappa shape index (κ3) is 9.40. The zero-order valence-corrected chi connectivity index (χ0v) is 28.8. The van der Waals surface area contributed by atoms with Gasteiger partial charge in [0.15, 0.2) is 17.9 Å². The lowest BCUT2D eigenvalue weighted by Gasteiger charge is -2.50. The van der Waals surface area contributed by atoms with E-state index in [4.69, 9.17) is 29.8 Å². The SMILES string of the molecule is C[n+]1c2ccc(OCC(ON=C(C(=O)NC3C(=O)N(OS(=O)(=O)O)C3(C)C)c3csc(N)n3)C(=O)O)cc2cn1CC1CNC1.O=C([O-])C(F)(F)F. The number of nitrogens with one attached hydrogen (secondary N) is 2. The number of aliphatic carboxylic acids is 2. The first-order valence-corrected chi connectivity index (χ1v) is 16.9. The molecule has 2 aliphatic heterocycles. The van der Waals surface area contributed by atoms with Crippen molar-refractivity contribution in [3.63, 3.8) is 0 Å². The van der Waals surface area contributed by atoms with Gasteiger partial charge in [-0.1, -0.05) is 5.16 Å². The summed E-state index contributed by atoms with van der Waals surface area (Å²) in [5.74, 6) is -5.50. The van der Waals surface area contributed by atoms with Crippen molar-refractivity contribution in [2.75, 3.05) is 25.4 Å². The summed E-state index contributed by atoms with van der Waals surface area (Å²) in [6.07, 6.45) is -4.87. The standard InChI is InChI=1S/C25H30N8O10S2.C2HF3O2/c1-25(2)20(22(35)33(25)43-45(38,39)40)29-21(34)19(16-12-44-24(26)28-16)30-42-18(23(36)37)11-41-15-4-5-17-14(6-15)10-32(31(17)3)9-13-7-27-8-13;3-2(4,5)1(6)7/h4-6,10,12-13,18,20,27H,7-9,11H2,1-3H3,(H4-,26,28,29,34,36,37,38,39,40);(H,6,7). The van der Waals surface area contributed by atoms with Crippen LogP contribution in [-0.4, -0.2) is 106 Å². The number of alkyl halides is 3. The quantitative estimate of drug-likeness (QED) is 0.0417. The van der Waals surface area contributed by atoms with Crippen molar-refractivity contribution in [2.24, 2.45) is 18.1 Å². The number of fused-ring (bicyclic) bond motifs is 1. The monoisotopic (exact) mass is 780 g/mol. The van der Waals surface area contributed by atoms with Crippen LogP contribution < -0.4 is 30.9 Å². The van der Waals surface area contributed by atoms with Crippen LogP contribution in [-0.2, 0) is 52.3 Å². The second-order valence-electron chi connectivity index (χ2n) is 11.8. The summed E-state index contributed by atoms with van der Waals surface area (Å²) in [5.41, 5.74) is 4.66. The molecule has 1 aromatic carbocycles. The van der Waals surface area contributed by atoms with Gasteiger partial charge in [-0.2, -0.15) is 31.3 Å². The lowest BCUT2D eigenvalue weighted by atomic mass is 9.84. The van der Waals surface area contributed by atoms with E-state index in [1.165, 1.54) is 19.2 Å². The van der Waals surface area contributed by atoms with E-state index in [0.717, 1.165) is 41.9 Å². The predicted octanol–water partition coefficient (Wildman–Crippen LogP) is -1.88. The summed E-state index contributed by atoms with van der Waals surface area (Å²) in [4.78, 5) is 55.7. The molecule has 0 bridgehead atoms. The highest BCUT2D eigenvalue weighted by Crippen LogP contribution is 2.33. The van der Waals surface area contributed by atoms with E-state index in [0.29, 0.717) is 16.7 Å². The minimum atomic E-state index is -5.19. The zero-order chi connectivity index (χ0) is 38.8. The number of rotatable bonds is 13. The van der Waals surface area contributed by atoms with E-state index in [1.54, 1.807) is 12.1 Å². The maximum Gasteiger partial charge on any atom is 0.430 e. The Morgan fingerprint density at radius 2 is 1.96 bits per heavy atom. The lowest BCUT2D eigenvalue weighted by molar-refractivity contribution is -0.731. The number of nitrogen functional groups attached to an aromatic ring is 1. The number of aryl methyl sites for hydroxylation is 1. The minimum absolute atomic E-state index is 0.0679. The number of carbonyl (C=O) groups is 4. The Bertz CT molecular complexity index is 2000. The molecule has 2 saturated heterocycles. The van der Waals surface area contributed by atoms with Crippen LogP contribution in [0.4, 0.5) is 18.3 Å². The van der Waals surface area contributed by atoms with Crippen LogP contribution in [0.15, 0.2) is 34.9 Å². The van der Waals surface area contributed by atoms with E-state index in [2.05, 4.69) is 29.7 Å². The number of ether oxygens (including phenoxy) is 1. The minimum Gasteiger partial charge on any atom is -0.542 e. The number of anilines is 1. The van der Waals surface area contributed by atoms with Crippen LogP contribution in [0.3, 0.4) is 0 Å². The highest BCUT2D eigenvalue weighted by atomic mass is 32.3. The molecule has 2 fully saturated rings. The topological polar surface area (TPSA) is 281 Å². The van der Waals surface area contributed by atoms with Gasteiger partial charge in [0, 0.05) is 30.5 Å². The molecule has 2 atom stereocenters. The predicted molar refractivity (Wildman–Crippen MR) is 167 cm³/mol. The molecule has 20 nitrogen and oxygen atoms in total. The highest BCUT2D eigenvalue weighted by molar-refractivity contribution is 7.80. The van der Waals surface area contributed by atoms with Crippen LogP contribution in [0.25, 0.3) is 10.9 Å². The molecule has 52 heavy (non-hydrogen) atoms. The van der Waals surface area contributed by atoms with Crippen LogP contribution in [0.1, 0.15) is 19.5 Å². The van der Waals surface area contributed by atoms with Crippen molar-refractivity contribution in [3.05, 3.63) is 35.5 Å². The first-order valence-electron chi connectivity index (χ1n) is 14.7. The smallest absolute Gasteiger partial charge is 0.430 e. The summed E-state index contributed by atoms with van der Waals surface area (Å²) in [7, 11) is -3.05. The highest BCUT2D eigenvalue weighted by Gasteiger charge is 2.58. The Labute approximate surface area is 295 Å². The maximum atomic E-state index is 13.2. The summed E-state index contributed by atoms with van der Waals surface area (Å²) in [6.45, 7) is 5.04. The van der Waals surface area contributed by atoms with Crippen molar-refractivity contribution >= 4 is 67.2 Å². The number of hydroxylamine groups is 2. The van der Waals surface area contributed by atoms with Gasteiger partial charge in [-0.3, -0.25) is 14.1 Å². The normalized spacial score (nSPS) is 18.1. The molecule has 2 aromatic heterocycles. The number of oxime groups is 1. The number of benzene rings is 1. The fraction of sp³-hybridized carbons (Fsp3) is 0.444. The molecule has 5 rings (SSSR count). The molecule has 25 heteroatoms. The van der Waals surface area contributed by atoms with Crippen molar-refractivity contribution < 1.29 is 74.1 Å². The fourth-order valence-electron chi connectivity index (χ4n) is 4.78. The molecular formula is C27H31F3N8O12S2. The molecule has 0 radical (unpaired) electrons. The van der Waals surface area contributed by atoms with Gasteiger partial charge in [0.05, 0.1) is 23.7 Å². The average Bonchev–Trinajstić information content (AvgIpc) is 3.58. The van der Waals surface area contributed by atoms with Gasteiger partial charge in [0.2, 0.25) is 5.52 Å². The average molecular weight is 781 g/mol. The largest absolute Gasteiger partial charge is 0.542 e. The molecule has 0 spiro atoms. The number of nitrogens with two attached hydrogens (primary N) is 1. The van der Waals surface area contributed by atoms with Gasteiger partial charge < -0.3 is 40.9 Å². The molecule has 3 aromatic rings. The first-order chi connectivity index (χ1) is 24.1. The number of thiazole rings is 1. The van der Waals surface area contributed by atoms with Crippen LogP contribution in [0, 0.1) is 5.92 Å². The van der Waals surface area contributed by atoms with E-state index >= 15 is 0 Å². The number of aromatic nitrogens is 3. The van der Waals surface area contributed by atoms with Gasteiger partial charge in [-0.25, -0.2) is 9.78 Å². The maximum absolute atomic E-state index is 13.2. The number of carbonyl (C=O) groups excluding carboxylic acids is 3. The molecule has 284 valence electrons. The third-order valence-corrected chi connectivity index (χ3v) is 8.62. The third-order valence-electron chi connectivity index (χ3n) is 7.61. The van der Waals surface area contributed by atoms with Crippen LogP contribution in [0.5, 0.6) is 5.75 Å². The molecule has 6 N–H and O–H groups in total. The van der Waals surface area contributed by atoms with Crippen LogP contribution >= 0.6 is 11.3 Å². The van der Waals surface area contributed by atoms with Crippen LogP contribution in [0.2, 0.25) is 0 Å². The summed E-state index contributed by atoms with van der Waals surface area (Å²) < 4.78 is 76.8. The Morgan fingerprint density at radius 1 is 1.31 bits per heavy atom. The molecule has 4 heterocycles. The van der Waals surface area contributed by atoms with Crippen molar-refractivity contribution in [1.82, 2.24) is 25.4 Å². The van der Waals surface area contributed by atoms with E-state index in [9.17, 15) is 41.1 Å². The number of amides is 2. The Hall–Kier alpha value is -5.11. The van der Waals surface area contributed by atoms with E-state index in [1.807, 2.05) is 24.0 Å².